The third-order valence-electron chi connectivity index (χ3n) is 4.48. The molecule has 3 rings (SSSR count). The van der Waals surface area contributed by atoms with Crippen molar-refractivity contribution in [1.29, 1.82) is 0 Å². The van der Waals surface area contributed by atoms with Crippen molar-refractivity contribution < 1.29 is 0 Å². The average Bonchev–Trinajstić information content (AvgIpc) is 3.22. The van der Waals surface area contributed by atoms with Crippen molar-refractivity contribution in [2.24, 2.45) is 13.0 Å². The maximum atomic E-state index is 4.31. The minimum absolute atomic E-state index is 0.791. The minimum atomic E-state index is 0.791. The van der Waals surface area contributed by atoms with E-state index in [1.54, 1.807) is 0 Å². The minimum Gasteiger partial charge on any atom is -0.317 e. The summed E-state index contributed by atoms with van der Waals surface area (Å²) in [7, 11) is 2.07. The van der Waals surface area contributed by atoms with Gasteiger partial charge in [0.1, 0.15) is 11.6 Å². The quantitative estimate of drug-likeness (QED) is 0.864. The third-order valence-corrected chi connectivity index (χ3v) is 4.48. The van der Waals surface area contributed by atoms with E-state index in [0.29, 0.717) is 0 Å². The van der Waals surface area contributed by atoms with Gasteiger partial charge in [0.25, 0.3) is 0 Å². The molecule has 19 heavy (non-hydrogen) atoms. The van der Waals surface area contributed by atoms with Crippen LogP contribution >= 0.6 is 0 Å². The lowest BCUT2D eigenvalue weighted by atomic mass is 9.99. The largest absolute Gasteiger partial charge is 0.317 e. The SMILES string of the molecule is Cc1nnc(CN(CC2CCCNC2)C2CC2)n1C. The summed E-state index contributed by atoms with van der Waals surface area (Å²) >= 11 is 0. The van der Waals surface area contributed by atoms with E-state index in [-0.39, 0.29) is 0 Å². The number of hydrogen-bond donors (Lipinski definition) is 1. The van der Waals surface area contributed by atoms with Gasteiger partial charge >= 0.3 is 0 Å². The molecule has 5 nitrogen and oxygen atoms in total. The highest BCUT2D eigenvalue weighted by atomic mass is 15.3. The molecule has 2 fully saturated rings. The van der Waals surface area contributed by atoms with Crippen LogP contribution in [0.4, 0.5) is 0 Å². The van der Waals surface area contributed by atoms with Crippen molar-refractivity contribution >= 4 is 0 Å². The predicted molar refractivity (Wildman–Crippen MR) is 74.8 cm³/mol. The summed E-state index contributed by atoms with van der Waals surface area (Å²) < 4.78 is 2.12. The van der Waals surface area contributed by atoms with Crippen molar-refractivity contribution in [1.82, 2.24) is 25.0 Å². The van der Waals surface area contributed by atoms with Gasteiger partial charge in [-0.15, -0.1) is 10.2 Å². The number of aryl methyl sites for hydroxylation is 1. The van der Waals surface area contributed by atoms with Crippen molar-refractivity contribution in [2.75, 3.05) is 19.6 Å². The first-order valence-electron chi connectivity index (χ1n) is 7.53. The lowest BCUT2D eigenvalue weighted by molar-refractivity contribution is 0.187. The Balaban J connectivity index is 1.62. The highest BCUT2D eigenvalue weighted by Gasteiger charge is 2.31. The van der Waals surface area contributed by atoms with Crippen LogP contribution in [0.1, 0.15) is 37.3 Å². The van der Waals surface area contributed by atoms with Crippen molar-refractivity contribution in [3.05, 3.63) is 11.6 Å². The number of hydrogen-bond acceptors (Lipinski definition) is 4. The molecule has 2 aliphatic rings. The maximum absolute atomic E-state index is 4.31. The van der Waals surface area contributed by atoms with Crippen LogP contribution in [0.25, 0.3) is 0 Å². The molecule has 1 aliphatic carbocycles. The average molecular weight is 263 g/mol. The molecule has 1 aromatic rings. The number of piperidine rings is 1. The smallest absolute Gasteiger partial charge is 0.146 e. The van der Waals surface area contributed by atoms with E-state index in [1.165, 1.54) is 45.3 Å². The fourth-order valence-electron chi connectivity index (χ4n) is 2.96. The summed E-state index contributed by atoms with van der Waals surface area (Å²) in [6.07, 6.45) is 5.41. The van der Waals surface area contributed by atoms with Gasteiger partial charge in [-0.05, 0) is 51.6 Å². The number of rotatable bonds is 5. The maximum Gasteiger partial charge on any atom is 0.146 e. The molecule has 1 atom stereocenters. The van der Waals surface area contributed by atoms with Gasteiger partial charge in [-0.2, -0.15) is 0 Å². The molecule has 0 radical (unpaired) electrons. The molecular formula is C14H25N5. The van der Waals surface area contributed by atoms with E-state index in [9.17, 15) is 0 Å². The first kappa shape index (κ1) is 13.1. The van der Waals surface area contributed by atoms with E-state index in [4.69, 9.17) is 0 Å². The number of aromatic nitrogens is 3. The Morgan fingerprint density at radius 2 is 2.16 bits per heavy atom. The first-order valence-corrected chi connectivity index (χ1v) is 7.53. The van der Waals surface area contributed by atoms with E-state index in [1.807, 2.05) is 6.92 Å². The van der Waals surface area contributed by atoms with E-state index >= 15 is 0 Å². The standard InChI is InChI=1S/C14H25N5/c1-11-16-17-14(18(11)2)10-19(13-5-6-13)9-12-4-3-7-15-8-12/h12-13,15H,3-10H2,1-2H3. The van der Waals surface area contributed by atoms with Gasteiger partial charge in [-0.25, -0.2) is 0 Å². The van der Waals surface area contributed by atoms with Crippen LogP contribution in [0.15, 0.2) is 0 Å². The normalized spacial score (nSPS) is 24.1. The molecule has 0 amide bonds. The molecule has 0 aromatic carbocycles. The molecule has 1 unspecified atom stereocenters. The van der Waals surface area contributed by atoms with Crippen LogP contribution in [-0.2, 0) is 13.6 Å². The van der Waals surface area contributed by atoms with E-state index < -0.39 is 0 Å². The van der Waals surface area contributed by atoms with Crippen LogP contribution < -0.4 is 5.32 Å². The predicted octanol–water partition coefficient (Wildman–Crippen LogP) is 1.09. The first-order chi connectivity index (χ1) is 9.24. The fourth-order valence-corrected chi connectivity index (χ4v) is 2.96. The van der Waals surface area contributed by atoms with Gasteiger partial charge in [-0.1, -0.05) is 0 Å². The Morgan fingerprint density at radius 3 is 2.74 bits per heavy atom. The lowest BCUT2D eigenvalue weighted by Crippen LogP contribution is -2.39. The molecule has 106 valence electrons. The zero-order chi connectivity index (χ0) is 13.2. The molecule has 1 saturated carbocycles. The topological polar surface area (TPSA) is 46.0 Å². The summed E-state index contributed by atoms with van der Waals surface area (Å²) in [5.41, 5.74) is 0. The second kappa shape index (κ2) is 5.59. The van der Waals surface area contributed by atoms with Crippen LogP contribution in [0.5, 0.6) is 0 Å². The Labute approximate surface area is 115 Å². The van der Waals surface area contributed by atoms with Gasteiger partial charge in [0.2, 0.25) is 0 Å². The van der Waals surface area contributed by atoms with E-state index in [0.717, 1.165) is 30.2 Å². The molecule has 0 bridgehead atoms. The zero-order valence-electron chi connectivity index (χ0n) is 12.1. The van der Waals surface area contributed by atoms with E-state index in [2.05, 4.69) is 32.0 Å². The van der Waals surface area contributed by atoms with Gasteiger partial charge in [0, 0.05) is 19.6 Å². The summed E-state index contributed by atoms with van der Waals surface area (Å²) in [6.45, 7) is 6.56. The van der Waals surface area contributed by atoms with Crippen LogP contribution in [0.2, 0.25) is 0 Å². The zero-order valence-corrected chi connectivity index (χ0v) is 12.1. The van der Waals surface area contributed by atoms with Gasteiger partial charge < -0.3 is 9.88 Å². The summed E-state index contributed by atoms with van der Waals surface area (Å²) in [5.74, 6) is 2.92. The molecule has 1 N–H and O–H groups in total. The second-order valence-corrected chi connectivity index (χ2v) is 6.10. The fraction of sp³-hybridized carbons (Fsp3) is 0.857. The molecule has 2 heterocycles. The molecule has 1 saturated heterocycles. The van der Waals surface area contributed by atoms with Crippen LogP contribution in [0, 0.1) is 12.8 Å². The van der Waals surface area contributed by atoms with Gasteiger partial charge in [0.05, 0.1) is 6.54 Å². The number of nitrogens with zero attached hydrogens (tertiary/aromatic N) is 4. The summed E-state index contributed by atoms with van der Waals surface area (Å²) in [4.78, 5) is 2.63. The number of nitrogens with one attached hydrogen (secondary N) is 1. The third kappa shape index (κ3) is 3.15. The molecule has 1 aliphatic heterocycles. The Kier molecular flexibility index (Phi) is 3.84. The Hall–Kier alpha value is -0.940. The van der Waals surface area contributed by atoms with Gasteiger partial charge in [-0.3, -0.25) is 4.90 Å². The monoisotopic (exact) mass is 263 g/mol. The molecular weight excluding hydrogens is 238 g/mol. The van der Waals surface area contributed by atoms with Crippen molar-refractivity contribution in [2.45, 2.75) is 45.2 Å². The second-order valence-electron chi connectivity index (χ2n) is 6.10. The highest BCUT2D eigenvalue weighted by molar-refractivity contribution is 4.96. The highest BCUT2D eigenvalue weighted by Crippen LogP contribution is 2.29. The van der Waals surface area contributed by atoms with Gasteiger partial charge in [0.15, 0.2) is 0 Å². The molecule has 5 heteroatoms. The van der Waals surface area contributed by atoms with Crippen LogP contribution in [0.3, 0.4) is 0 Å². The van der Waals surface area contributed by atoms with Crippen molar-refractivity contribution in [3.8, 4) is 0 Å². The molecule has 0 spiro atoms. The Morgan fingerprint density at radius 1 is 1.32 bits per heavy atom. The summed E-state index contributed by atoms with van der Waals surface area (Å²) in [5, 5.41) is 12.0. The molecule has 1 aromatic heterocycles. The summed E-state index contributed by atoms with van der Waals surface area (Å²) in [6, 6.07) is 0.791. The van der Waals surface area contributed by atoms with Crippen molar-refractivity contribution in [3.63, 3.8) is 0 Å². The lowest BCUT2D eigenvalue weighted by Gasteiger charge is -2.29. The Bertz CT molecular complexity index is 417. The van der Waals surface area contributed by atoms with Crippen LogP contribution in [-0.4, -0.2) is 45.3 Å².